The molecule has 2 fully saturated rings. The molecule has 2 N–H and O–H groups in total. The molecule has 1 saturated carbocycles. The zero-order chi connectivity index (χ0) is 20.7. The van der Waals surface area contributed by atoms with Crippen LogP contribution in [0, 0.1) is 17.0 Å². The molecule has 152 valence electrons. The van der Waals surface area contributed by atoms with Gasteiger partial charge in [-0.15, -0.1) is 0 Å². The number of aromatic nitrogens is 1. The van der Waals surface area contributed by atoms with Crippen molar-refractivity contribution in [2.45, 2.75) is 32.6 Å². The second-order valence-electron chi connectivity index (χ2n) is 6.94. The Hall–Kier alpha value is -2.58. The minimum Gasteiger partial charge on any atom is -0.350 e. The van der Waals surface area contributed by atoms with Crippen LogP contribution in [0.3, 0.4) is 0 Å². The Labute approximate surface area is 159 Å². The van der Waals surface area contributed by atoms with Crippen molar-refractivity contribution in [1.29, 1.82) is 0 Å². The van der Waals surface area contributed by atoms with E-state index in [1.165, 1.54) is 11.0 Å². The van der Waals surface area contributed by atoms with Crippen LogP contribution < -0.4 is 5.32 Å². The number of amides is 2. The van der Waals surface area contributed by atoms with Gasteiger partial charge in [0, 0.05) is 31.0 Å². The monoisotopic (exact) mass is 399 g/mol. The standard InChI is InChI=1S/C17H15F4N3O2.C2H6/c18-9-3-11(19)10-5-13(23-12(10)4-9)15(26)22-6-14(25)24-2-1-16(8-24)7-17(16,20)21;1-2/h3-5,23H,1-2,6-8H2,(H,22,26);1-2H3. The first-order chi connectivity index (χ1) is 13.2. The molecule has 5 nitrogen and oxygen atoms in total. The van der Waals surface area contributed by atoms with Gasteiger partial charge in [-0.3, -0.25) is 9.59 Å². The first kappa shape index (κ1) is 20.2. The number of carbonyl (C=O) groups excluding carboxylic acids is 2. The lowest BCUT2D eigenvalue weighted by Gasteiger charge is -2.16. The minimum absolute atomic E-state index is 0.00835. The number of H-pyrrole nitrogens is 1. The molecule has 1 aromatic carbocycles. The fourth-order valence-corrected chi connectivity index (χ4v) is 3.55. The van der Waals surface area contributed by atoms with Gasteiger partial charge in [-0.1, -0.05) is 13.8 Å². The Kier molecular flexibility index (Phi) is 5.12. The van der Waals surface area contributed by atoms with Crippen LogP contribution >= 0.6 is 0 Å². The number of hydrogen-bond donors (Lipinski definition) is 2. The molecule has 0 radical (unpaired) electrons. The number of alkyl halides is 2. The van der Waals surface area contributed by atoms with Crippen LogP contribution in [0.4, 0.5) is 17.6 Å². The van der Waals surface area contributed by atoms with E-state index in [1.54, 1.807) is 0 Å². The van der Waals surface area contributed by atoms with Gasteiger partial charge in [0.2, 0.25) is 5.91 Å². The van der Waals surface area contributed by atoms with Crippen molar-refractivity contribution >= 4 is 22.7 Å². The van der Waals surface area contributed by atoms with Crippen molar-refractivity contribution in [2.24, 2.45) is 5.41 Å². The van der Waals surface area contributed by atoms with Crippen molar-refractivity contribution in [3.8, 4) is 0 Å². The molecule has 1 aliphatic heterocycles. The number of hydrogen-bond acceptors (Lipinski definition) is 2. The molecule has 1 aromatic heterocycles. The predicted octanol–water partition coefficient (Wildman–Crippen LogP) is 3.46. The molecule has 4 rings (SSSR count). The fourth-order valence-electron chi connectivity index (χ4n) is 3.55. The van der Waals surface area contributed by atoms with Gasteiger partial charge in [0.05, 0.1) is 17.5 Å². The lowest BCUT2D eigenvalue weighted by Crippen LogP contribution is -2.39. The van der Waals surface area contributed by atoms with E-state index in [9.17, 15) is 27.2 Å². The summed E-state index contributed by atoms with van der Waals surface area (Å²) in [6, 6.07) is 2.98. The number of fused-ring (bicyclic) bond motifs is 1. The Bertz CT molecular complexity index is 927. The second-order valence-corrected chi connectivity index (χ2v) is 6.94. The normalized spacial score (nSPS) is 22.1. The van der Waals surface area contributed by atoms with Crippen LogP contribution in [0.15, 0.2) is 18.2 Å². The van der Waals surface area contributed by atoms with Crippen LogP contribution in [-0.4, -0.2) is 47.3 Å². The van der Waals surface area contributed by atoms with Gasteiger partial charge >= 0.3 is 0 Å². The first-order valence-electron chi connectivity index (χ1n) is 9.12. The molecule has 0 bridgehead atoms. The molecule has 2 aromatic rings. The smallest absolute Gasteiger partial charge is 0.268 e. The molecule has 1 saturated heterocycles. The Morgan fingerprint density at radius 2 is 1.89 bits per heavy atom. The summed E-state index contributed by atoms with van der Waals surface area (Å²) in [5, 5.41) is 2.43. The highest BCUT2D eigenvalue weighted by Gasteiger charge is 2.72. The Morgan fingerprint density at radius 3 is 2.50 bits per heavy atom. The molecule has 1 unspecified atom stereocenters. The molecule has 2 amide bonds. The zero-order valence-corrected chi connectivity index (χ0v) is 15.5. The molecule has 1 aliphatic carbocycles. The SMILES string of the molecule is CC.O=C(NCC(=O)N1CCC2(C1)CC2(F)F)c1cc2c(F)cc(F)cc2[nH]1. The highest BCUT2D eigenvalue weighted by atomic mass is 19.3. The number of nitrogens with one attached hydrogen (secondary N) is 2. The van der Waals surface area contributed by atoms with E-state index >= 15 is 0 Å². The molecule has 9 heteroatoms. The van der Waals surface area contributed by atoms with Crippen molar-refractivity contribution in [2.75, 3.05) is 19.6 Å². The molecule has 1 spiro atoms. The van der Waals surface area contributed by atoms with Gasteiger partial charge in [-0.25, -0.2) is 17.6 Å². The van der Waals surface area contributed by atoms with Crippen LogP contribution in [0.25, 0.3) is 10.9 Å². The minimum atomic E-state index is -2.71. The third kappa shape index (κ3) is 3.45. The number of likely N-dealkylation sites (tertiary alicyclic amines) is 1. The lowest BCUT2D eigenvalue weighted by molar-refractivity contribution is -0.129. The summed E-state index contributed by atoms with van der Waals surface area (Å²) in [5.41, 5.74) is -0.994. The predicted molar refractivity (Wildman–Crippen MR) is 95.1 cm³/mol. The maximum absolute atomic E-state index is 13.7. The summed E-state index contributed by atoms with van der Waals surface area (Å²) in [6.07, 6.45) is 0.0554. The highest BCUT2D eigenvalue weighted by Crippen LogP contribution is 2.64. The van der Waals surface area contributed by atoms with E-state index < -0.39 is 34.8 Å². The summed E-state index contributed by atoms with van der Waals surface area (Å²) in [4.78, 5) is 28.2. The van der Waals surface area contributed by atoms with Crippen LogP contribution in [0.1, 0.15) is 37.2 Å². The van der Waals surface area contributed by atoms with Gasteiger partial charge in [0.15, 0.2) is 0 Å². The first-order valence-corrected chi connectivity index (χ1v) is 9.12. The molecular weight excluding hydrogens is 378 g/mol. The maximum atomic E-state index is 13.7. The van der Waals surface area contributed by atoms with Crippen LogP contribution in [-0.2, 0) is 4.79 Å². The van der Waals surface area contributed by atoms with Gasteiger partial charge in [0.25, 0.3) is 11.8 Å². The van der Waals surface area contributed by atoms with Crippen LogP contribution in [0.2, 0.25) is 0 Å². The topological polar surface area (TPSA) is 65.2 Å². The Morgan fingerprint density at radius 1 is 1.21 bits per heavy atom. The van der Waals surface area contributed by atoms with E-state index in [4.69, 9.17) is 0 Å². The average molecular weight is 399 g/mol. The summed E-state index contributed by atoms with van der Waals surface area (Å²) in [5.74, 6) is -5.42. The third-order valence-electron chi connectivity index (χ3n) is 5.21. The van der Waals surface area contributed by atoms with Crippen molar-refractivity contribution in [3.63, 3.8) is 0 Å². The van der Waals surface area contributed by atoms with Crippen molar-refractivity contribution < 1.29 is 27.2 Å². The second kappa shape index (κ2) is 7.10. The van der Waals surface area contributed by atoms with E-state index in [2.05, 4.69) is 10.3 Å². The molecule has 2 heterocycles. The summed E-state index contributed by atoms with van der Waals surface area (Å²) < 4.78 is 53.6. The van der Waals surface area contributed by atoms with E-state index in [1.807, 2.05) is 13.8 Å². The van der Waals surface area contributed by atoms with Crippen molar-refractivity contribution in [1.82, 2.24) is 15.2 Å². The van der Waals surface area contributed by atoms with Gasteiger partial charge in [-0.2, -0.15) is 0 Å². The van der Waals surface area contributed by atoms with Gasteiger partial charge < -0.3 is 15.2 Å². The summed E-state index contributed by atoms with van der Waals surface area (Å²) >= 11 is 0. The number of rotatable bonds is 3. The van der Waals surface area contributed by atoms with Crippen LogP contribution in [0.5, 0.6) is 0 Å². The molecular formula is C19H21F4N3O2. The maximum Gasteiger partial charge on any atom is 0.268 e. The number of nitrogens with zero attached hydrogens (tertiary/aromatic N) is 1. The number of aromatic amines is 1. The van der Waals surface area contributed by atoms with E-state index in [0.717, 1.165) is 6.07 Å². The van der Waals surface area contributed by atoms with Gasteiger partial charge in [0.1, 0.15) is 17.3 Å². The average Bonchev–Trinajstić information content (AvgIpc) is 3.04. The molecule has 1 atom stereocenters. The molecule has 2 aliphatic rings. The highest BCUT2D eigenvalue weighted by molar-refractivity contribution is 5.99. The lowest BCUT2D eigenvalue weighted by atomic mass is 10.1. The quantitative estimate of drug-likeness (QED) is 0.777. The number of carbonyl (C=O) groups is 2. The van der Waals surface area contributed by atoms with E-state index in [0.29, 0.717) is 6.07 Å². The van der Waals surface area contributed by atoms with Gasteiger partial charge in [-0.05, 0) is 18.6 Å². The molecule has 28 heavy (non-hydrogen) atoms. The zero-order valence-electron chi connectivity index (χ0n) is 15.5. The largest absolute Gasteiger partial charge is 0.350 e. The number of halogens is 4. The summed E-state index contributed by atoms with van der Waals surface area (Å²) in [6.45, 7) is 3.87. The Balaban J connectivity index is 0.00000109. The fraction of sp³-hybridized carbons (Fsp3) is 0.474. The third-order valence-corrected chi connectivity index (χ3v) is 5.21. The number of benzene rings is 1. The van der Waals surface area contributed by atoms with E-state index in [-0.39, 0.29) is 49.1 Å². The summed E-state index contributed by atoms with van der Waals surface area (Å²) in [7, 11) is 0. The van der Waals surface area contributed by atoms with Crippen molar-refractivity contribution in [3.05, 3.63) is 35.5 Å².